The van der Waals surface area contributed by atoms with Gasteiger partial charge in [-0.3, -0.25) is 0 Å². The summed E-state index contributed by atoms with van der Waals surface area (Å²) < 4.78 is 0. The number of carboxylic acid groups (broad SMARTS) is 1. The molecule has 0 atom stereocenters. The standard InChI is InChI=1S/C11H15N3O3/c15-9-1-2-10(12-7-9)13-8-3-5-14(6-4-8)11(16)17/h1-2,7-8,15H,3-6H2,(H,12,13)(H,16,17). The third-order valence-electron chi connectivity index (χ3n) is 2.87. The summed E-state index contributed by atoms with van der Waals surface area (Å²) in [4.78, 5) is 16.2. The molecule has 0 saturated carbocycles. The Balaban J connectivity index is 1.85. The molecule has 1 saturated heterocycles. The quantitative estimate of drug-likeness (QED) is 0.722. The SMILES string of the molecule is O=C(O)N1CCC(Nc2ccc(O)cn2)CC1. The average Bonchev–Trinajstić information content (AvgIpc) is 2.33. The minimum absolute atomic E-state index is 0.135. The van der Waals surface area contributed by atoms with Gasteiger partial charge >= 0.3 is 6.09 Å². The van der Waals surface area contributed by atoms with Crippen molar-refractivity contribution < 1.29 is 15.0 Å². The van der Waals surface area contributed by atoms with Crippen LogP contribution in [0.1, 0.15) is 12.8 Å². The number of pyridine rings is 1. The van der Waals surface area contributed by atoms with Crippen molar-refractivity contribution in [2.75, 3.05) is 18.4 Å². The number of nitrogens with one attached hydrogen (secondary N) is 1. The lowest BCUT2D eigenvalue weighted by atomic mass is 10.1. The molecule has 1 aliphatic heterocycles. The van der Waals surface area contributed by atoms with E-state index in [1.165, 1.54) is 11.1 Å². The van der Waals surface area contributed by atoms with Crippen LogP contribution in [-0.4, -0.2) is 45.3 Å². The lowest BCUT2D eigenvalue weighted by Gasteiger charge is -2.30. The van der Waals surface area contributed by atoms with Crippen LogP contribution in [0, 0.1) is 0 Å². The highest BCUT2D eigenvalue weighted by atomic mass is 16.4. The number of likely N-dealkylation sites (tertiary alicyclic amines) is 1. The summed E-state index contributed by atoms with van der Waals surface area (Å²) in [6.45, 7) is 1.09. The zero-order valence-corrected chi connectivity index (χ0v) is 9.33. The number of piperidine rings is 1. The van der Waals surface area contributed by atoms with Gasteiger partial charge in [-0.15, -0.1) is 0 Å². The Morgan fingerprint density at radius 2 is 2.12 bits per heavy atom. The number of hydrogen-bond donors (Lipinski definition) is 3. The van der Waals surface area contributed by atoms with Crippen molar-refractivity contribution in [1.29, 1.82) is 0 Å². The van der Waals surface area contributed by atoms with Gasteiger partial charge in [0.25, 0.3) is 0 Å². The van der Waals surface area contributed by atoms with E-state index in [1.54, 1.807) is 12.1 Å². The van der Waals surface area contributed by atoms with E-state index in [0.717, 1.165) is 12.8 Å². The maximum absolute atomic E-state index is 10.7. The highest BCUT2D eigenvalue weighted by Crippen LogP contribution is 2.16. The summed E-state index contributed by atoms with van der Waals surface area (Å²) >= 11 is 0. The van der Waals surface area contributed by atoms with Gasteiger partial charge in [-0.2, -0.15) is 0 Å². The highest BCUT2D eigenvalue weighted by molar-refractivity contribution is 5.65. The fourth-order valence-electron chi connectivity index (χ4n) is 1.90. The molecule has 0 unspecified atom stereocenters. The number of aromatic nitrogens is 1. The number of rotatable bonds is 2. The fraction of sp³-hybridized carbons (Fsp3) is 0.455. The Labute approximate surface area is 98.9 Å². The summed E-state index contributed by atoms with van der Waals surface area (Å²) in [6.07, 6.45) is 2.07. The van der Waals surface area contributed by atoms with Crippen molar-refractivity contribution in [2.45, 2.75) is 18.9 Å². The van der Waals surface area contributed by atoms with E-state index >= 15 is 0 Å². The average molecular weight is 237 g/mol. The second-order valence-corrected chi connectivity index (χ2v) is 4.09. The van der Waals surface area contributed by atoms with Crippen LogP contribution in [0.25, 0.3) is 0 Å². The van der Waals surface area contributed by atoms with E-state index in [4.69, 9.17) is 10.2 Å². The molecular formula is C11H15N3O3. The smallest absolute Gasteiger partial charge is 0.407 e. The third kappa shape index (κ3) is 2.99. The van der Waals surface area contributed by atoms with E-state index in [0.29, 0.717) is 18.9 Å². The number of amides is 1. The second-order valence-electron chi connectivity index (χ2n) is 4.09. The van der Waals surface area contributed by atoms with Gasteiger partial charge in [0.1, 0.15) is 11.6 Å². The first-order valence-corrected chi connectivity index (χ1v) is 5.54. The molecule has 0 aliphatic carbocycles. The Morgan fingerprint density at radius 3 is 2.65 bits per heavy atom. The van der Waals surface area contributed by atoms with Crippen LogP contribution in [0.15, 0.2) is 18.3 Å². The molecular weight excluding hydrogens is 222 g/mol. The van der Waals surface area contributed by atoms with Gasteiger partial charge in [0, 0.05) is 19.1 Å². The molecule has 1 aromatic rings. The Hall–Kier alpha value is -1.98. The zero-order chi connectivity index (χ0) is 12.3. The van der Waals surface area contributed by atoms with Gasteiger partial charge in [0.15, 0.2) is 0 Å². The van der Waals surface area contributed by atoms with Crippen LogP contribution in [0.2, 0.25) is 0 Å². The minimum atomic E-state index is -0.855. The number of nitrogens with zero attached hydrogens (tertiary/aromatic N) is 2. The Bertz CT molecular complexity index is 385. The summed E-state index contributed by atoms with van der Waals surface area (Å²) in [7, 11) is 0. The van der Waals surface area contributed by atoms with E-state index in [1.807, 2.05) is 0 Å². The number of aromatic hydroxyl groups is 1. The molecule has 1 aromatic heterocycles. The van der Waals surface area contributed by atoms with Gasteiger partial charge < -0.3 is 20.4 Å². The van der Waals surface area contributed by atoms with Crippen LogP contribution in [0.4, 0.5) is 10.6 Å². The largest absolute Gasteiger partial charge is 0.506 e. The van der Waals surface area contributed by atoms with E-state index < -0.39 is 6.09 Å². The summed E-state index contributed by atoms with van der Waals surface area (Å²) in [5, 5.41) is 21.1. The third-order valence-corrected chi connectivity index (χ3v) is 2.87. The van der Waals surface area contributed by atoms with Crippen LogP contribution >= 0.6 is 0 Å². The first kappa shape index (κ1) is 11.5. The Kier molecular flexibility index (Phi) is 3.32. The molecule has 1 aliphatic rings. The minimum Gasteiger partial charge on any atom is -0.506 e. The molecule has 3 N–H and O–H groups in total. The molecule has 1 fully saturated rings. The van der Waals surface area contributed by atoms with Crippen molar-refractivity contribution in [3.8, 4) is 5.75 Å². The maximum atomic E-state index is 10.7. The van der Waals surface area contributed by atoms with Gasteiger partial charge in [-0.1, -0.05) is 0 Å². The monoisotopic (exact) mass is 237 g/mol. The molecule has 0 aromatic carbocycles. The van der Waals surface area contributed by atoms with Crippen molar-refractivity contribution in [2.24, 2.45) is 0 Å². The highest BCUT2D eigenvalue weighted by Gasteiger charge is 2.22. The van der Waals surface area contributed by atoms with Gasteiger partial charge in [-0.05, 0) is 25.0 Å². The predicted molar refractivity (Wildman–Crippen MR) is 62.1 cm³/mol. The molecule has 6 heteroatoms. The van der Waals surface area contributed by atoms with Crippen LogP contribution in [0.3, 0.4) is 0 Å². The number of hydrogen-bond acceptors (Lipinski definition) is 4. The van der Waals surface area contributed by atoms with Gasteiger partial charge in [0.2, 0.25) is 0 Å². The van der Waals surface area contributed by atoms with Crippen molar-refractivity contribution >= 4 is 11.9 Å². The van der Waals surface area contributed by atoms with E-state index in [2.05, 4.69) is 10.3 Å². The second kappa shape index (κ2) is 4.90. The molecule has 0 spiro atoms. The summed E-state index contributed by atoms with van der Waals surface area (Å²) in [6, 6.07) is 3.52. The first-order valence-electron chi connectivity index (χ1n) is 5.54. The number of carbonyl (C=O) groups is 1. The lowest BCUT2D eigenvalue weighted by molar-refractivity contribution is 0.134. The van der Waals surface area contributed by atoms with E-state index in [9.17, 15) is 4.79 Å². The molecule has 1 amide bonds. The van der Waals surface area contributed by atoms with Crippen molar-refractivity contribution in [3.63, 3.8) is 0 Å². The fourth-order valence-corrected chi connectivity index (χ4v) is 1.90. The van der Waals surface area contributed by atoms with Gasteiger partial charge in [-0.25, -0.2) is 9.78 Å². The first-order chi connectivity index (χ1) is 8.15. The zero-order valence-electron chi connectivity index (χ0n) is 9.33. The molecule has 92 valence electrons. The molecule has 0 radical (unpaired) electrons. The van der Waals surface area contributed by atoms with Crippen molar-refractivity contribution in [1.82, 2.24) is 9.88 Å². The molecule has 0 bridgehead atoms. The van der Waals surface area contributed by atoms with E-state index in [-0.39, 0.29) is 11.8 Å². The van der Waals surface area contributed by atoms with Crippen molar-refractivity contribution in [3.05, 3.63) is 18.3 Å². The maximum Gasteiger partial charge on any atom is 0.407 e. The normalized spacial score (nSPS) is 16.8. The molecule has 2 rings (SSSR count). The molecule has 6 nitrogen and oxygen atoms in total. The van der Waals surface area contributed by atoms with Crippen LogP contribution < -0.4 is 5.32 Å². The van der Waals surface area contributed by atoms with Crippen LogP contribution in [-0.2, 0) is 0 Å². The molecule has 17 heavy (non-hydrogen) atoms. The summed E-state index contributed by atoms with van der Waals surface area (Å²) in [5.74, 6) is 0.841. The lowest BCUT2D eigenvalue weighted by Crippen LogP contribution is -2.41. The topological polar surface area (TPSA) is 85.7 Å². The predicted octanol–water partition coefficient (Wildman–Crippen LogP) is 1.34. The molecule has 2 heterocycles. The Morgan fingerprint density at radius 1 is 1.41 bits per heavy atom. The summed E-state index contributed by atoms with van der Waals surface area (Å²) in [5.41, 5.74) is 0. The number of anilines is 1. The van der Waals surface area contributed by atoms with Crippen LogP contribution in [0.5, 0.6) is 5.75 Å². The van der Waals surface area contributed by atoms with Gasteiger partial charge in [0.05, 0.1) is 6.20 Å².